The average molecular weight is 249 g/mol. The van der Waals surface area contributed by atoms with Crippen molar-refractivity contribution in [3.63, 3.8) is 0 Å². The summed E-state index contributed by atoms with van der Waals surface area (Å²) < 4.78 is 5.15. The maximum absolute atomic E-state index is 5.15. The van der Waals surface area contributed by atoms with Gasteiger partial charge in [-0.1, -0.05) is 13.3 Å². The van der Waals surface area contributed by atoms with Gasteiger partial charge in [-0.25, -0.2) is 9.97 Å². The lowest BCUT2D eigenvalue weighted by Gasteiger charge is -2.34. The van der Waals surface area contributed by atoms with Crippen molar-refractivity contribution in [3.8, 4) is 5.88 Å². The summed E-state index contributed by atoms with van der Waals surface area (Å²) in [5.74, 6) is 1.47. The quantitative estimate of drug-likeness (QED) is 0.804. The Balaban J connectivity index is 1.97. The van der Waals surface area contributed by atoms with E-state index in [9.17, 15) is 0 Å². The lowest BCUT2D eigenvalue weighted by Crippen LogP contribution is -2.41. The number of aromatic nitrogens is 2. The Morgan fingerprint density at radius 3 is 2.89 bits per heavy atom. The van der Waals surface area contributed by atoms with Gasteiger partial charge in [0.2, 0.25) is 5.88 Å². The van der Waals surface area contributed by atoms with Crippen LogP contribution >= 0.6 is 0 Å². The van der Waals surface area contributed by atoms with Gasteiger partial charge in [-0.15, -0.1) is 0 Å². The summed E-state index contributed by atoms with van der Waals surface area (Å²) >= 11 is 0. The second kappa shape index (κ2) is 6.69. The van der Waals surface area contributed by atoms with E-state index in [0.717, 1.165) is 24.6 Å². The second-order valence-corrected chi connectivity index (χ2v) is 5.01. The van der Waals surface area contributed by atoms with E-state index in [1.807, 2.05) is 6.07 Å². The number of rotatable bonds is 7. The smallest absolute Gasteiger partial charge is 0.216 e. The summed E-state index contributed by atoms with van der Waals surface area (Å²) in [5, 5.41) is 3.66. The molecule has 1 saturated carbocycles. The zero-order valence-corrected chi connectivity index (χ0v) is 11.4. The van der Waals surface area contributed by atoms with Gasteiger partial charge in [0.1, 0.15) is 6.33 Å². The van der Waals surface area contributed by atoms with Crippen LogP contribution in [-0.4, -0.2) is 29.7 Å². The highest BCUT2D eigenvalue weighted by Gasteiger charge is 2.27. The molecule has 4 heteroatoms. The standard InChI is InChI=1S/C14H23N3O/c1-3-7-15-13(11-5-4-6-11)8-12-9-14(18-2)17-10-16-12/h9-11,13,15H,3-8H2,1-2H3. The van der Waals surface area contributed by atoms with Crippen molar-refractivity contribution in [1.29, 1.82) is 0 Å². The van der Waals surface area contributed by atoms with Crippen molar-refractivity contribution in [2.24, 2.45) is 5.92 Å². The normalized spacial score (nSPS) is 17.2. The van der Waals surface area contributed by atoms with Gasteiger partial charge in [0.05, 0.1) is 7.11 Å². The molecule has 1 heterocycles. The Bertz CT molecular complexity index is 366. The van der Waals surface area contributed by atoms with Crippen LogP contribution in [0.2, 0.25) is 0 Å². The van der Waals surface area contributed by atoms with E-state index in [1.165, 1.54) is 25.7 Å². The molecule has 1 aliphatic rings. The fourth-order valence-corrected chi connectivity index (χ4v) is 2.40. The topological polar surface area (TPSA) is 47.0 Å². The molecule has 1 atom stereocenters. The summed E-state index contributed by atoms with van der Waals surface area (Å²) in [6.07, 6.45) is 7.82. The van der Waals surface area contributed by atoms with E-state index < -0.39 is 0 Å². The average Bonchev–Trinajstić information content (AvgIpc) is 2.34. The van der Waals surface area contributed by atoms with E-state index in [1.54, 1.807) is 13.4 Å². The molecule has 1 aliphatic carbocycles. The molecule has 0 radical (unpaired) electrons. The molecule has 0 saturated heterocycles. The molecule has 0 amide bonds. The number of hydrogen-bond acceptors (Lipinski definition) is 4. The van der Waals surface area contributed by atoms with Crippen LogP contribution < -0.4 is 10.1 Å². The van der Waals surface area contributed by atoms with Gasteiger partial charge in [-0.05, 0) is 31.7 Å². The number of nitrogens with zero attached hydrogens (tertiary/aromatic N) is 2. The van der Waals surface area contributed by atoms with E-state index in [0.29, 0.717) is 11.9 Å². The van der Waals surface area contributed by atoms with Crippen LogP contribution in [0.4, 0.5) is 0 Å². The van der Waals surface area contributed by atoms with Crippen LogP contribution in [0.15, 0.2) is 12.4 Å². The fraction of sp³-hybridized carbons (Fsp3) is 0.714. The minimum atomic E-state index is 0.554. The molecule has 2 rings (SSSR count). The first-order valence-electron chi connectivity index (χ1n) is 6.91. The van der Waals surface area contributed by atoms with Crippen LogP contribution in [0, 0.1) is 5.92 Å². The first-order chi connectivity index (χ1) is 8.83. The summed E-state index contributed by atoms with van der Waals surface area (Å²) in [4.78, 5) is 8.40. The molecule has 1 aromatic heterocycles. The number of methoxy groups -OCH3 is 1. The maximum atomic E-state index is 5.15. The molecule has 18 heavy (non-hydrogen) atoms. The SMILES string of the molecule is CCCNC(Cc1cc(OC)ncn1)C1CCC1. The first kappa shape index (κ1) is 13.3. The van der Waals surface area contributed by atoms with Crippen molar-refractivity contribution < 1.29 is 4.74 Å². The number of hydrogen-bond donors (Lipinski definition) is 1. The van der Waals surface area contributed by atoms with Crippen molar-refractivity contribution in [2.45, 2.75) is 45.1 Å². The number of nitrogens with one attached hydrogen (secondary N) is 1. The molecule has 0 aliphatic heterocycles. The molecule has 100 valence electrons. The molecular formula is C14H23N3O. The van der Waals surface area contributed by atoms with Gasteiger partial charge in [-0.2, -0.15) is 0 Å². The Hall–Kier alpha value is -1.16. The van der Waals surface area contributed by atoms with Crippen molar-refractivity contribution >= 4 is 0 Å². The maximum Gasteiger partial charge on any atom is 0.216 e. The molecule has 4 nitrogen and oxygen atoms in total. The predicted molar refractivity (Wildman–Crippen MR) is 71.7 cm³/mol. The summed E-state index contributed by atoms with van der Waals surface area (Å²) in [6, 6.07) is 2.50. The van der Waals surface area contributed by atoms with Gasteiger partial charge in [-0.3, -0.25) is 0 Å². The minimum absolute atomic E-state index is 0.554. The monoisotopic (exact) mass is 249 g/mol. The Morgan fingerprint density at radius 2 is 2.28 bits per heavy atom. The molecule has 1 N–H and O–H groups in total. The summed E-state index contributed by atoms with van der Waals surface area (Å²) in [5.41, 5.74) is 1.07. The van der Waals surface area contributed by atoms with Crippen molar-refractivity contribution in [1.82, 2.24) is 15.3 Å². The Kier molecular flexibility index (Phi) is 4.93. The summed E-state index contributed by atoms with van der Waals surface area (Å²) in [6.45, 7) is 3.29. The van der Waals surface area contributed by atoms with E-state index >= 15 is 0 Å². The van der Waals surface area contributed by atoms with Gasteiger partial charge in [0.15, 0.2) is 0 Å². The zero-order chi connectivity index (χ0) is 12.8. The van der Waals surface area contributed by atoms with Crippen LogP contribution in [0.25, 0.3) is 0 Å². The molecule has 0 bridgehead atoms. The molecule has 0 spiro atoms. The Labute approximate surface area is 109 Å². The van der Waals surface area contributed by atoms with Gasteiger partial charge >= 0.3 is 0 Å². The fourth-order valence-electron chi connectivity index (χ4n) is 2.40. The van der Waals surface area contributed by atoms with E-state index in [-0.39, 0.29) is 0 Å². The molecular weight excluding hydrogens is 226 g/mol. The highest BCUT2D eigenvalue weighted by molar-refractivity contribution is 5.14. The van der Waals surface area contributed by atoms with Crippen LogP contribution in [0.3, 0.4) is 0 Å². The van der Waals surface area contributed by atoms with E-state index in [4.69, 9.17) is 4.74 Å². The molecule has 0 aromatic carbocycles. The minimum Gasteiger partial charge on any atom is -0.481 e. The van der Waals surface area contributed by atoms with Crippen LogP contribution in [-0.2, 0) is 6.42 Å². The third-order valence-electron chi connectivity index (χ3n) is 3.71. The second-order valence-electron chi connectivity index (χ2n) is 5.01. The highest BCUT2D eigenvalue weighted by Crippen LogP contribution is 2.31. The zero-order valence-electron chi connectivity index (χ0n) is 11.4. The highest BCUT2D eigenvalue weighted by atomic mass is 16.5. The Morgan fingerprint density at radius 1 is 1.44 bits per heavy atom. The molecule has 1 unspecified atom stereocenters. The molecule has 1 fully saturated rings. The van der Waals surface area contributed by atoms with Gasteiger partial charge in [0, 0.05) is 24.2 Å². The number of ether oxygens (including phenoxy) is 1. The van der Waals surface area contributed by atoms with Gasteiger partial charge in [0.25, 0.3) is 0 Å². The van der Waals surface area contributed by atoms with Crippen molar-refractivity contribution in [2.75, 3.05) is 13.7 Å². The lowest BCUT2D eigenvalue weighted by atomic mass is 9.78. The molecule has 1 aromatic rings. The van der Waals surface area contributed by atoms with E-state index in [2.05, 4.69) is 22.2 Å². The van der Waals surface area contributed by atoms with Crippen LogP contribution in [0.1, 0.15) is 38.3 Å². The first-order valence-corrected chi connectivity index (χ1v) is 6.91. The third-order valence-corrected chi connectivity index (χ3v) is 3.71. The predicted octanol–water partition coefficient (Wildman–Crippen LogP) is 2.20. The largest absolute Gasteiger partial charge is 0.481 e. The van der Waals surface area contributed by atoms with Crippen molar-refractivity contribution in [3.05, 3.63) is 18.1 Å². The third kappa shape index (κ3) is 3.42. The summed E-state index contributed by atoms with van der Waals surface area (Å²) in [7, 11) is 1.64. The van der Waals surface area contributed by atoms with Crippen LogP contribution in [0.5, 0.6) is 5.88 Å². The van der Waals surface area contributed by atoms with Gasteiger partial charge < -0.3 is 10.1 Å². The lowest BCUT2D eigenvalue weighted by molar-refractivity contribution is 0.226.